The van der Waals surface area contributed by atoms with E-state index in [-0.39, 0.29) is 24.8 Å². The fraction of sp³-hybridized carbons (Fsp3) is 0.255. The molecule has 0 N–H and O–H groups in total. The smallest absolute Gasteiger partial charge is 1.00 e. The van der Waals surface area contributed by atoms with Gasteiger partial charge in [0.1, 0.15) is 0 Å². The van der Waals surface area contributed by atoms with Crippen LogP contribution in [0.3, 0.4) is 0 Å². The molecular formula is C55H54Br2Cl2Zr. The molecule has 5 heteroatoms. The molecule has 2 unspecified atom stereocenters. The summed E-state index contributed by atoms with van der Waals surface area (Å²) >= 11 is 4.75. The normalized spacial score (nSPS) is 13.2. The van der Waals surface area contributed by atoms with E-state index in [2.05, 4.69) is 205 Å². The van der Waals surface area contributed by atoms with Gasteiger partial charge in [-0.15, -0.1) is 0 Å². The molecule has 0 amide bonds. The van der Waals surface area contributed by atoms with Crippen molar-refractivity contribution in [1.82, 2.24) is 0 Å². The Balaban J connectivity index is 0.00000302. The Hall–Kier alpha value is -2.91. The zero-order valence-electron chi connectivity index (χ0n) is 35.2. The van der Waals surface area contributed by atoms with Gasteiger partial charge in [-0.05, 0) is 0 Å². The second kappa shape index (κ2) is 21.4. The Morgan fingerprint density at radius 1 is 0.617 bits per heavy atom. The van der Waals surface area contributed by atoms with E-state index in [9.17, 15) is 0 Å². The Labute approximate surface area is 396 Å². The second-order valence-electron chi connectivity index (χ2n) is 16.5. The molecule has 6 aromatic carbocycles. The van der Waals surface area contributed by atoms with E-state index < -0.39 is 21.3 Å². The van der Waals surface area contributed by atoms with Crippen LogP contribution in [0.1, 0.15) is 105 Å². The minimum absolute atomic E-state index is 0. The van der Waals surface area contributed by atoms with Gasteiger partial charge in [-0.25, -0.2) is 0 Å². The van der Waals surface area contributed by atoms with Gasteiger partial charge < -0.3 is 24.8 Å². The Morgan fingerprint density at radius 2 is 1.18 bits per heavy atom. The first kappa shape index (κ1) is 46.6. The number of allylic oxidation sites excluding steroid dienone is 4. The molecule has 2 atom stereocenters. The number of rotatable bonds is 14. The maximum atomic E-state index is 3.84. The van der Waals surface area contributed by atoms with Gasteiger partial charge in [0, 0.05) is 0 Å². The van der Waals surface area contributed by atoms with Crippen molar-refractivity contribution in [1.29, 1.82) is 0 Å². The van der Waals surface area contributed by atoms with Crippen LogP contribution in [0.2, 0.25) is 0 Å². The summed E-state index contributed by atoms with van der Waals surface area (Å²) in [7, 11) is 0. The average Bonchev–Trinajstić information content (AvgIpc) is 3.89. The summed E-state index contributed by atoms with van der Waals surface area (Å²) in [6, 6.07) is 48.7. The molecule has 0 spiro atoms. The van der Waals surface area contributed by atoms with E-state index >= 15 is 0 Å². The van der Waals surface area contributed by atoms with Crippen LogP contribution < -0.4 is 28.1 Å². The molecule has 0 saturated heterocycles. The zero-order valence-corrected chi connectivity index (χ0v) is 42.3. The van der Waals surface area contributed by atoms with Crippen LogP contribution in [0.15, 0.2) is 158 Å². The molecule has 6 aromatic rings. The molecule has 0 aromatic heterocycles. The summed E-state index contributed by atoms with van der Waals surface area (Å²) in [5, 5.41) is 0. The minimum atomic E-state index is -2.94. The van der Waals surface area contributed by atoms with Crippen molar-refractivity contribution >= 4 is 38.3 Å². The first-order valence-corrected chi connectivity index (χ1v) is 26.6. The molecule has 0 saturated carbocycles. The third-order valence-electron chi connectivity index (χ3n) is 12.4. The fourth-order valence-corrected chi connectivity index (χ4v) is 19.3. The topological polar surface area (TPSA) is 0 Å². The van der Waals surface area contributed by atoms with Crippen LogP contribution in [0.5, 0.6) is 0 Å². The van der Waals surface area contributed by atoms with Gasteiger partial charge in [-0.1, -0.05) is 0 Å². The molecule has 0 nitrogen and oxygen atoms in total. The molecular weight excluding hydrogens is 983 g/mol. The van der Waals surface area contributed by atoms with E-state index in [1.807, 2.05) is 0 Å². The number of halogens is 4. The van der Waals surface area contributed by atoms with Crippen LogP contribution in [0.25, 0.3) is 33.4 Å². The third-order valence-corrected chi connectivity index (χ3v) is 21.0. The molecule has 8 rings (SSSR count). The molecule has 60 heavy (non-hydrogen) atoms. The van der Waals surface area contributed by atoms with E-state index in [4.69, 9.17) is 0 Å². The first-order chi connectivity index (χ1) is 28.3. The molecule has 2 aliphatic carbocycles. The maximum absolute atomic E-state index is 3.84. The van der Waals surface area contributed by atoms with Gasteiger partial charge in [-0.2, -0.15) is 0 Å². The first-order valence-electron chi connectivity index (χ1n) is 21.4. The number of hydrogen-bond acceptors (Lipinski definition) is 0. The third kappa shape index (κ3) is 10.1. The number of benzene rings is 6. The van der Waals surface area contributed by atoms with Gasteiger partial charge in [0.05, 0.1) is 0 Å². The predicted octanol–water partition coefficient (Wildman–Crippen LogP) is 9.68. The van der Waals surface area contributed by atoms with Gasteiger partial charge in [0.15, 0.2) is 0 Å². The summed E-state index contributed by atoms with van der Waals surface area (Å²) in [6.45, 7) is 9.63. The second-order valence-corrected chi connectivity index (χ2v) is 24.8. The van der Waals surface area contributed by atoms with Gasteiger partial charge in [-0.3, -0.25) is 0 Å². The van der Waals surface area contributed by atoms with Crippen molar-refractivity contribution in [3.05, 3.63) is 191 Å². The fourth-order valence-electron chi connectivity index (χ4n) is 9.67. The molecule has 0 radical (unpaired) electrons. The van der Waals surface area contributed by atoms with Crippen LogP contribution >= 0.6 is 31.9 Å². The number of hydrogen-bond donors (Lipinski definition) is 0. The summed E-state index contributed by atoms with van der Waals surface area (Å²) in [5.74, 6) is 0.918. The van der Waals surface area contributed by atoms with E-state index in [1.54, 1.807) is 26.4 Å². The van der Waals surface area contributed by atoms with E-state index in [0.717, 1.165) is 34.6 Å². The minimum Gasteiger partial charge on any atom is -1.00 e. The average molecular weight is 1040 g/mol. The van der Waals surface area contributed by atoms with Crippen LogP contribution in [0.4, 0.5) is 0 Å². The quantitative estimate of drug-likeness (QED) is 0.102. The molecule has 306 valence electrons. The molecule has 2 aliphatic rings. The van der Waals surface area contributed by atoms with Crippen molar-refractivity contribution in [2.24, 2.45) is 0 Å². The number of fused-ring (bicyclic) bond motifs is 3. The predicted molar refractivity (Wildman–Crippen MR) is 254 cm³/mol. The maximum Gasteiger partial charge on any atom is -1.00 e. The monoisotopic (exact) mass is 1030 g/mol. The van der Waals surface area contributed by atoms with Crippen molar-refractivity contribution in [2.45, 2.75) is 90.9 Å². The van der Waals surface area contributed by atoms with Crippen molar-refractivity contribution < 1.29 is 46.1 Å². The van der Waals surface area contributed by atoms with Gasteiger partial charge >= 0.3 is 375 Å². The molecule has 0 bridgehead atoms. The van der Waals surface area contributed by atoms with E-state index in [0.29, 0.717) is 11.8 Å². The Bertz CT molecular complexity index is 2490. The molecule has 0 heterocycles. The van der Waals surface area contributed by atoms with Crippen LogP contribution in [-0.4, -0.2) is 3.21 Å². The Kier molecular flexibility index (Phi) is 16.7. The van der Waals surface area contributed by atoms with Crippen LogP contribution in [0, 0.1) is 0 Å². The summed E-state index contributed by atoms with van der Waals surface area (Å²) in [4.78, 5) is 0. The van der Waals surface area contributed by atoms with Crippen molar-refractivity contribution in [3.8, 4) is 33.4 Å². The largest absolute Gasteiger partial charge is 1.00 e. The summed E-state index contributed by atoms with van der Waals surface area (Å²) < 4.78 is 7.46. The van der Waals surface area contributed by atoms with Crippen molar-refractivity contribution in [3.63, 3.8) is 0 Å². The van der Waals surface area contributed by atoms with Crippen LogP contribution in [-0.2, 0) is 40.5 Å². The zero-order chi connectivity index (χ0) is 40.2. The SMILES string of the molecule is CCCC(C)c1cc2c(cc1-c1ccccc1)Cc1c-2cc(C(C)CCC)c(-c2ccccc2)[c]1[Zr+2]([C]1=CC=CC1)=[C](Cc1cccc(Br)c1)Cc1cccc(Br)c1.[Cl-].[Cl-]. The molecule has 0 aliphatic heterocycles. The standard InChI is InChI=1S/C35H37.C15H12Br2.C5H5.2ClH.Zr/c1-5-13-24(3)30-22-34-28(20-32(30)26-15-9-7-10-16-26)19-29-21-33(27-17-11-8-12-18-27)31(23-35(29)34)25(4)14-6-2;16-14-8-2-6-12(10-14)4-1-5-13-7-3-9-15(17)11-13;1-2-4-5-3-1;;;/h7-12,15-18,20,22-25H,5-6,13-14,19H2,1-4H3;2-3,6-11H,4-5H2;1-3H,4H2;2*1H;/q;;;;;+2/p-2. The summed E-state index contributed by atoms with van der Waals surface area (Å²) in [5.41, 5.74) is 17.5. The van der Waals surface area contributed by atoms with Crippen molar-refractivity contribution in [2.75, 3.05) is 0 Å². The van der Waals surface area contributed by atoms with E-state index in [1.165, 1.54) is 75.8 Å². The van der Waals surface area contributed by atoms with Gasteiger partial charge in [0.2, 0.25) is 0 Å². The molecule has 0 fully saturated rings. The Morgan fingerprint density at radius 3 is 1.73 bits per heavy atom. The van der Waals surface area contributed by atoms with Gasteiger partial charge in [0.25, 0.3) is 0 Å². The summed E-state index contributed by atoms with van der Waals surface area (Å²) in [6.07, 6.45) is 16.0.